The highest BCUT2D eigenvalue weighted by molar-refractivity contribution is 7.89. The van der Waals surface area contributed by atoms with Crippen LogP contribution in [-0.4, -0.2) is 44.5 Å². The average molecular weight is 349 g/mol. The fourth-order valence-corrected chi connectivity index (χ4v) is 2.78. The van der Waals surface area contributed by atoms with E-state index in [0.717, 1.165) is 11.1 Å². The van der Waals surface area contributed by atoms with Gasteiger partial charge in [0.15, 0.2) is 0 Å². The lowest BCUT2D eigenvalue weighted by atomic mass is 10.1. The molecule has 0 radical (unpaired) electrons. The molecule has 0 bridgehead atoms. The SMILES string of the molecule is CCS(=O)(=O)N(C)CCCNC(=O)C(C#N)=Cc1ccc(C)cc1. The number of amides is 1. The van der Waals surface area contributed by atoms with E-state index in [1.165, 1.54) is 17.4 Å². The van der Waals surface area contributed by atoms with Crippen molar-refractivity contribution in [1.29, 1.82) is 5.26 Å². The van der Waals surface area contributed by atoms with Crippen LogP contribution in [0.4, 0.5) is 0 Å². The highest BCUT2D eigenvalue weighted by Crippen LogP contribution is 2.08. The molecule has 1 rings (SSSR count). The molecule has 0 aliphatic heterocycles. The van der Waals surface area contributed by atoms with Gasteiger partial charge in [-0.3, -0.25) is 4.79 Å². The predicted octanol–water partition coefficient (Wildman–Crippen LogP) is 1.69. The summed E-state index contributed by atoms with van der Waals surface area (Å²) in [5, 5.41) is 11.8. The maximum atomic E-state index is 12.0. The predicted molar refractivity (Wildman–Crippen MR) is 94.5 cm³/mol. The molecule has 0 atom stereocenters. The van der Waals surface area contributed by atoms with Crippen LogP contribution in [0.5, 0.6) is 0 Å². The van der Waals surface area contributed by atoms with Crippen LogP contribution in [0.1, 0.15) is 24.5 Å². The smallest absolute Gasteiger partial charge is 0.261 e. The molecule has 130 valence electrons. The molecule has 0 spiro atoms. The zero-order valence-electron chi connectivity index (χ0n) is 14.2. The Hall–Kier alpha value is -2.17. The molecule has 1 N–H and O–H groups in total. The Kier molecular flexibility index (Phi) is 7.62. The van der Waals surface area contributed by atoms with Crippen molar-refractivity contribution in [1.82, 2.24) is 9.62 Å². The molecule has 1 aromatic rings. The first kappa shape index (κ1) is 19.9. The minimum atomic E-state index is -3.21. The Morgan fingerprint density at radius 1 is 1.33 bits per heavy atom. The van der Waals surface area contributed by atoms with E-state index in [1.807, 2.05) is 37.3 Å². The van der Waals surface area contributed by atoms with Crippen LogP contribution >= 0.6 is 0 Å². The summed E-state index contributed by atoms with van der Waals surface area (Å²) in [7, 11) is -1.69. The average Bonchev–Trinajstić information content (AvgIpc) is 2.57. The van der Waals surface area contributed by atoms with Gasteiger partial charge in [0.05, 0.1) is 5.75 Å². The first-order valence-electron chi connectivity index (χ1n) is 7.71. The lowest BCUT2D eigenvalue weighted by Crippen LogP contribution is -2.32. The number of nitriles is 1. The van der Waals surface area contributed by atoms with Crippen LogP contribution < -0.4 is 5.32 Å². The van der Waals surface area contributed by atoms with E-state index in [0.29, 0.717) is 19.5 Å². The highest BCUT2D eigenvalue weighted by Gasteiger charge is 2.14. The topological polar surface area (TPSA) is 90.3 Å². The molecule has 0 aliphatic rings. The van der Waals surface area contributed by atoms with Gasteiger partial charge in [0.25, 0.3) is 5.91 Å². The van der Waals surface area contributed by atoms with Gasteiger partial charge in [0.2, 0.25) is 10.0 Å². The van der Waals surface area contributed by atoms with E-state index < -0.39 is 15.9 Å². The standard InChI is InChI=1S/C17H23N3O3S/c1-4-24(22,23)20(3)11-5-10-19-17(21)16(13-18)12-15-8-6-14(2)7-9-15/h6-9,12H,4-5,10-11H2,1-3H3,(H,19,21). The Morgan fingerprint density at radius 2 is 1.96 bits per heavy atom. The largest absolute Gasteiger partial charge is 0.351 e. The highest BCUT2D eigenvalue weighted by atomic mass is 32.2. The second kappa shape index (κ2) is 9.21. The van der Waals surface area contributed by atoms with E-state index in [1.54, 1.807) is 6.92 Å². The number of carbonyl (C=O) groups is 1. The molecule has 7 heteroatoms. The fourth-order valence-electron chi connectivity index (χ4n) is 1.94. The molecule has 1 aromatic carbocycles. The van der Waals surface area contributed by atoms with Crippen molar-refractivity contribution in [2.24, 2.45) is 0 Å². The van der Waals surface area contributed by atoms with Crippen LogP contribution in [0.25, 0.3) is 6.08 Å². The summed E-state index contributed by atoms with van der Waals surface area (Å²) in [5.74, 6) is -0.410. The molecule has 0 fully saturated rings. The van der Waals surface area contributed by atoms with Crippen LogP contribution in [0.2, 0.25) is 0 Å². The summed E-state index contributed by atoms with van der Waals surface area (Å²) in [6.45, 7) is 4.17. The zero-order valence-corrected chi connectivity index (χ0v) is 15.1. The first-order chi connectivity index (χ1) is 11.3. The maximum Gasteiger partial charge on any atom is 0.261 e. The lowest BCUT2D eigenvalue weighted by Gasteiger charge is -2.15. The Balaban J connectivity index is 2.54. The second-order valence-electron chi connectivity index (χ2n) is 5.41. The number of aryl methyl sites for hydroxylation is 1. The van der Waals surface area contributed by atoms with Crippen molar-refractivity contribution in [2.45, 2.75) is 20.3 Å². The van der Waals surface area contributed by atoms with Crippen LogP contribution in [0.3, 0.4) is 0 Å². The molecular formula is C17H23N3O3S. The van der Waals surface area contributed by atoms with Gasteiger partial charge < -0.3 is 5.32 Å². The summed E-state index contributed by atoms with van der Waals surface area (Å²) in [4.78, 5) is 12.0. The third-order valence-corrected chi connectivity index (χ3v) is 5.39. The number of carbonyl (C=O) groups excluding carboxylic acids is 1. The quantitative estimate of drug-likeness (QED) is 0.439. The van der Waals surface area contributed by atoms with Gasteiger partial charge >= 0.3 is 0 Å². The third kappa shape index (κ3) is 6.14. The first-order valence-corrected chi connectivity index (χ1v) is 9.31. The number of rotatable bonds is 8. The van der Waals surface area contributed by atoms with Gasteiger partial charge in [-0.1, -0.05) is 29.8 Å². The van der Waals surface area contributed by atoms with Crippen LogP contribution in [-0.2, 0) is 14.8 Å². The monoisotopic (exact) mass is 349 g/mol. The molecule has 1 amide bonds. The summed E-state index contributed by atoms with van der Waals surface area (Å²) >= 11 is 0. The summed E-state index contributed by atoms with van der Waals surface area (Å²) in [6, 6.07) is 9.38. The van der Waals surface area contributed by atoms with Crippen molar-refractivity contribution in [3.8, 4) is 6.07 Å². The molecule has 0 aliphatic carbocycles. The molecule has 0 unspecified atom stereocenters. The maximum absolute atomic E-state index is 12.0. The van der Waals surface area contributed by atoms with Gasteiger partial charge in [-0.25, -0.2) is 12.7 Å². The number of nitrogens with zero attached hydrogens (tertiary/aromatic N) is 2. The number of hydrogen-bond acceptors (Lipinski definition) is 4. The molecule has 6 nitrogen and oxygen atoms in total. The van der Waals surface area contributed by atoms with Gasteiger partial charge in [-0.05, 0) is 31.9 Å². The zero-order chi connectivity index (χ0) is 18.2. The van der Waals surface area contributed by atoms with Gasteiger partial charge in [0, 0.05) is 20.1 Å². The summed E-state index contributed by atoms with van der Waals surface area (Å²) in [6.07, 6.45) is 2.01. The molecule has 0 saturated carbocycles. The van der Waals surface area contributed by atoms with Crippen molar-refractivity contribution in [3.63, 3.8) is 0 Å². The summed E-state index contributed by atoms with van der Waals surface area (Å²) < 4.78 is 24.5. The second-order valence-corrected chi connectivity index (χ2v) is 7.78. The Bertz CT molecular complexity index is 731. The normalized spacial score (nSPS) is 12.0. The molecular weight excluding hydrogens is 326 g/mol. The minimum Gasteiger partial charge on any atom is -0.351 e. The third-order valence-electron chi connectivity index (χ3n) is 3.53. The van der Waals surface area contributed by atoms with Crippen LogP contribution in [0.15, 0.2) is 29.8 Å². The minimum absolute atomic E-state index is 0.0217. The van der Waals surface area contributed by atoms with E-state index in [2.05, 4.69) is 5.32 Å². The number of nitrogens with one attached hydrogen (secondary N) is 1. The van der Waals surface area contributed by atoms with Gasteiger partial charge in [-0.15, -0.1) is 0 Å². The van der Waals surface area contributed by atoms with Gasteiger partial charge in [0.1, 0.15) is 11.6 Å². The van der Waals surface area contributed by atoms with Crippen molar-refractivity contribution in [3.05, 3.63) is 41.0 Å². The van der Waals surface area contributed by atoms with Crippen LogP contribution in [0, 0.1) is 18.3 Å². The van der Waals surface area contributed by atoms with E-state index in [4.69, 9.17) is 5.26 Å². The van der Waals surface area contributed by atoms with E-state index in [-0.39, 0.29) is 11.3 Å². The number of benzene rings is 1. The van der Waals surface area contributed by atoms with Crippen molar-refractivity contribution < 1.29 is 13.2 Å². The van der Waals surface area contributed by atoms with Crippen molar-refractivity contribution in [2.75, 3.05) is 25.9 Å². The summed E-state index contributed by atoms with van der Waals surface area (Å²) in [5.41, 5.74) is 1.90. The number of sulfonamides is 1. The Labute approximate surface area is 143 Å². The van der Waals surface area contributed by atoms with E-state index in [9.17, 15) is 13.2 Å². The fraction of sp³-hybridized carbons (Fsp3) is 0.412. The lowest BCUT2D eigenvalue weighted by molar-refractivity contribution is -0.117. The van der Waals surface area contributed by atoms with Gasteiger partial charge in [-0.2, -0.15) is 5.26 Å². The molecule has 24 heavy (non-hydrogen) atoms. The Morgan fingerprint density at radius 3 is 2.50 bits per heavy atom. The molecule has 0 saturated heterocycles. The molecule has 0 heterocycles. The molecule has 0 aromatic heterocycles. The number of hydrogen-bond donors (Lipinski definition) is 1. The van der Waals surface area contributed by atoms with Crippen molar-refractivity contribution >= 4 is 22.0 Å². The van der Waals surface area contributed by atoms with E-state index >= 15 is 0 Å².